The summed E-state index contributed by atoms with van der Waals surface area (Å²) >= 11 is 5.03. The molecule has 0 saturated carbocycles. The van der Waals surface area contributed by atoms with Gasteiger partial charge in [-0.05, 0) is 26.2 Å². The standard InChI is InChI=1S/C13H22N4O2S2/c1-3-7-16-9-12(15-10(16)2)21(18,19)17-8-5-4-6-11(17)13(14)20/h9,11H,3-8H2,1-2H3,(H2,14,20). The highest BCUT2D eigenvalue weighted by Gasteiger charge is 2.36. The number of thiocarbonyl (C=S) groups is 1. The van der Waals surface area contributed by atoms with Crippen molar-refractivity contribution in [2.24, 2.45) is 5.73 Å². The quantitative estimate of drug-likeness (QED) is 0.826. The highest BCUT2D eigenvalue weighted by Crippen LogP contribution is 2.25. The Morgan fingerprint density at radius 3 is 2.86 bits per heavy atom. The fraction of sp³-hybridized carbons (Fsp3) is 0.692. The third kappa shape index (κ3) is 3.27. The molecular weight excluding hydrogens is 308 g/mol. The Bertz CT molecular complexity index is 624. The van der Waals surface area contributed by atoms with Gasteiger partial charge in [-0.2, -0.15) is 4.31 Å². The topological polar surface area (TPSA) is 81.2 Å². The molecule has 0 aliphatic carbocycles. The molecule has 6 nitrogen and oxygen atoms in total. The highest BCUT2D eigenvalue weighted by molar-refractivity contribution is 7.89. The van der Waals surface area contributed by atoms with Crippen LogP contribution in [0.25, 0.3) is 0 Å². The summed E-state index contributed by atoms with van der Waals surface area (Å²) in [6, 6.07) is -0.393. The number of imidazole rings is 1. The Kier molecular flexibility index (Phi) is 5.00. The van der Waals surface area contributed by atoms with Crippen molar-refractivity contribution >= 4 is 27.2 Å². The van der Waals surface area contributed by atoms with Crippen molar-refractivity contribution in [2.45, 2.75) is 57.1 Å². The minimum Gasteiger partial charge on any atom is -0.392 e. The number of aromatic nitrogens is 2. The van der Waals surface area contributed by atoms with Crippen molar-refractivity contribution in [3.8, 4) is 0 Å². The van der Waals surface area contributed by atoms with E-state index in [0.717, 1.165) is 25.8 Å². The monoisotopic (exact) mass is 330 g/mol. The molecule has 1 aliphatic heterocycles. The molecule has 1 aliphatic rings. The highest BCUT2D eigenvalue weighted by atomic mass is 32.2. The Morgan fingerprint density at radius 2 is 2.24 bits per heavy atom. The summed E-state index contributed by atoms with van der Waals surface area (Å²) in [6.45, 7) is 5.06. The van der Waals surface area contributed by atoms with Gasteiger partial charge in [0.05, 0.1) is 11.0 Å². The predicted molar refractivity (Wildman–Crippen MR) is 85.6 cm³/mol. The van der Waals surface area contributed by atoms with E-state index >= 15 is 0 Å². The number of sulfonamides is 1. The maximum Gasteiger partial charge on any atom is 0.262 e. The second-order valence-electron chi connectivity index (χ2n) is 5.35. The molecule has 1 aromatic heterocycles. The van der Waals surface area contributed by atoms with E-state index in [-0.39, 0.29) is 10.0 Å². The third-order valence-electron chi connectivity index (χ3n) is 3.77. The Labute approximate surface area is 131 Å². The van der Waals surface area contributed by atoms with Gasteiger partial charge >= 0.3 is 0 Å². The van der Waals surface area contributed by atoms with E-state index in [4.69, 9.17) is 18.0 Å². The molecule has 118 valence electrons. The molecule has 2 N–H and O–H groups in total. The number of nitrogens with two attached hydrogens (primary N) is 1. The lowest BCUT2D eigenvalue weighted by molar-refractivity contribution is 0.306. The van der Waals surface area contributed by atoms with Gasteiger partial charge in [-0.15, -0.1) is 0 Å². The second-order valence-corrected chi connectivity index (χ2v) is 7.66. The summed E-state index contributed by atoms with van der Waals surface area (Å²) in [5.41, 5.74) is 5.71. The Hall–Kier alpha value is -0.990. The first kappa shape index (κ1) is 16.4. The number of piperidine rings is 1. The number of nitrogens with zero attached hydrogens (tertiary/aromatic N) is 3. The van der Waals surface area contributed by atoms with Gasteiger partial charge in [0.15, 0.2) is 5.03 Å². The van der Waals surface area contributed by atoms with Gasteiger partial charge in [0.2, 0.25) is 0 Å². The zero-order valence-corrected chi connectivity index (χ0v) is 14.1. The molecule has 1 aromatic rings. The van der Waals surface area contributed by atoms with Gasteiger partial charge in [-0.3, -0.25) is 0 Å². The molecule has 2 rings (SSSR count). The van der Waals surface area contributed by atoms with Crippen LogP contribution in [0.4, 0.5) is 0 Å². The van der Waals surface area contributed by atoms with Crippen LogP contribution in [0.3, 0.4) is 0 Å². The maximum absolute atomic E-state index is 12.8. The molecule has 2 heterocycles. The van der Waals surface area contributed by atoms with E-state index in [0.29, 0.717) is 18.8 Å². The van der Waals surface area contributed by atoms with Crippen LogP contribution in [0.15, 0.2) is 11.2 Å². The first-order valence-corrected chi connectivity index (χ1v) is 9.07. The van der Waals surface area contributed by atoms with Crippen molar-refractivity contribution in [2.75, 3.05) is 6.54 Å². The summed E-state index contributed by atoms with van der Waals surface area (Å²) in [7, 11) is -3.64. The smallest absolute Gasteiger partial charge is 0.262 e. The minimum atomic E-state index is -3.64. The Morgan fingerprint density at radius 1 is 1.52 bits per heavy atom. The van der Waals surface area contributed by atoms with Crippen LogP contribution in [0.1, 0.15) is 38.4 Å². The van der Waals surface area contributed by atoms with Gasteiger partial charge in [-0.25, -0.2) is 13.4 Å². The second kappa shape index (κ2) is 6.41. The Balaban J connectivity index is 2.36. The van der Waals surface area contributed by atoms with Crippen molar-refractivity contribution in [1.82, 2.24) is 13.9 Å². The molecule has 1 unspecified atom stereocenters. The number of hydrogen-bond donors (Lipinski definition) is 1. The number of hydrogen-bond acceptors (Lipinski definition) is 4. The largest absolute Gasteiger partial charge is 0.392 e. The van der Waals surface area contributed by atoms with Crippen LogP contribution in [0.2, 0.25) is 0 Å². The van der Waals surface area contributed by atoms with Crippen LogP contribution in [-0.2, 0) is 16.6 Å². The average Bonchev–Trinajstić information content (AvgIpc) is 2.81. The van der Waals surface area contributed by atoms with Crippen LogP contribution in [0, 0.1) is 6.92 Å². The maximum atomic E-state index is 12.8. The summed E-state index contributed by atoms with van der Waals surface area (Å²) in [5, 5.41) is 0.0941. The van der Waals surface area contributed by atoms with Crippen LogP contribution in [-0.4, -0.2) is 39.8 Å². The molecule has 21 heavy (non-hydrogen) atoms. The molecule has 8 heteroatoms. The lowest BCUT2D eigenvalue weighted by atomic mass is 10.1. The zero-order chi connectivity index (χ0) is 15.6. The van der Waals surface area contributed by atoms with Crippen molar-refractivity contribution in [3.63, 3.8) is 0 Å². The van der Waals surface area contributed by atoms with Crippen LogP contribution < -0.4 is 5.73 Å². The lowest BCUT2D eigenvalue weighted by Crippen LogP contribution is -2.49. The molecule has 0 bridgehead atoms. The van der Waals surface area contributed by atoms with E-state index in [1.54, 1.807) is 6.20 Å². The minimum absolute atomic E-state index is 0.0941. The molecule has 0 aromatic carbocycles. The molecule has 1 fully saturated rings. The molecule has 0 spiro atoms. The average molecular weight is 330 g/mol. The zero-order valence-electron chi connectivity index (χ0n) is 12.4. The van der Waals surface area contributed by atoms with E-state index < -0.39 is 16.1 Å². The van der Waals surface area contributed by atoms with E-state index in [1.165, 1.54) is 4.31 Å². The summed E-state index contributed by atoms with van der Waals surface area (Å²) in [4.78, 5) is 4.46. The third-order valence-corrected chi connectivity index (χ3v) is 5.83. The van der Waals surface area contributed by atoms with Crippen molar-refractivity contribution in [3.05, 3.63) is 12.0 Å². The molecule has 0 amide bonds. The SMILES string of the molecule is CCCn1cc(S(=O)(=O)N2CCCCC2C(N)=S)nc1C. The molecule has 1 atom stereocenters. The van der Waals surface area contributed by atoms with E-state index in [9.17, 15) is 8.42 Å². The van der Waals surface area contributed by atoms with Crippen LogP contribution >= 0.6 is 12.2 Å². The first-order chi connectivity index (χ1) is 9.87. The van der Waals surface area contributed by atoms with Crippen molar-refractivity contribution in [1.29, 1.82) is 0 Å². The van der Waals surface area contributed by atoms with Crippen LogP contribution in [0.5, 0.6) is 0 Å². The fourth-order valence-corrected chi connectivity index (χ4v) is 4.65. The van der Waals surface area contributed by atoms with Crippen molar-refractivity contribution < 1.29 is 8.42 Å². The van der Waals surface area contributed by atoms with E-state index in [2.05, 4.69) is 4.98 Å². The summed E-state index contributed by atoms with van der Waals surface area (Å²) in [5.74, 6) is 0.708. The lowest BCUT2D eigenvalue weighted by Gasteiger charge is -2.33. The molecular formula is C13H22N4O2S2. The summed E-state index contributed by atoms with van der Waals surface area (Å²) in [6.07, 6.45) is 4.99. The number of aryl methyl sites for hydroxylation is 2. The molecule has 1 saturated heterocycles. The van der Waals surface area contributed by atoms with Gasteiger partial charge in [0, 0.05) is 19.3 Å². The van der Waals surface area contributed by atoms with E-state index in [1.807, 2.05) is 18.4 Å². The van der Waals surface area contributed by atoms with Gasteiger partial charge in [0.1, 0.15) is 5.82 Å². The normalized spacial score (nSPS) is 20.6. The molecule has 0 radical (unpaired) electrons. The fourth-order valence-electron chi connectivity index (χ4n) is 2.67. The van der Waals surface area contributed by atoms with Gasteiger partial charge in [-0.1, -0.05) is 25.6 Å². The van der Waals surface area contributed by atoms with Gasteiger partial charge < -0.3 is 10.3 Å². The number of rotatable bonds is 5. The van der Waals surface area contributed by atoms with Gasteiger partial charge in [0.25, 0.3) is 10.0 Å². The first-order valence-electron chi connectivity index (χ1n) is 7.23. The summed E-state index contributed by atoms with van der Waals surface area (Å²) < 4.78 is 28.9. The predicted octanol–water partition coefficient (Wildman–Crippen LogP) is 1.43.